The van der Waals surface area contributed by atoms with Crippen LogP contribution in [-0.4, -0.2) is 51.8 Å². The van der Waals surface area contributed by atoms with E-state index in [1.54, 1.807) is 11.2 Å². The van der Waals surface area contributed by atoms with Gasteiger partial charge in [-0.05, 0) is 63.0 Å². The van der Waals surface area contributed by atoms with Crippen molar-refractivity contribution in [1.29, 1.82) is 0 Å². The van der Waals surface area contributed by atoms with Crippen molar-refractivity contribution < 1.29 is 18.4 Å². The molecule has 1 radical (unpaired) electrons. The predicted octanol–water partition coefficient (Wildman–Crippen LogP) is 5.84. The van der Waals surface area contributed by atoms with Crippen LogP contribution in [0.1, 0.15) is 53.2 Å². The maximum atomic E-state index is 12.4. The Labute approximate surface area is 188 Å². The smallest absolute Gasteiger partial charge is 0.410 e. The van der Waals surface area contributed by atoms with Gasteiger partial charge in [-0.3, -0.25) is 0 Å². The first kappa shape index (κ1) is 23.7. The van der Waals surface area contributed by atoms with Crippen LogP contribution in [0.3, 0.4) is 0 Å². The first-order valence-corrected chi connectivity index (χ1v) is 13.5. The maximum absolute atomic E-state index is 12.4. The highest BCUT2D eigenvalue weighted by Crippen LogP contribution is 2.41. The summed E-state index contributed by atoms with van der Waals surface area (Å²) in [6, 6.07) is 6.43. The van der Waals surface area contributed by atoms with Gasteiger partial charge in [-0.2, -0.15) is 0 Å². The summed E-state index contributed by atoms with van der Waals surface area (Å²) in [7, 11) is -0.866. The van der Waals surface area contributed by atoms with E-state index in [9.17, 15) is 4.79 Å². The standard InChI is InChI=1S/C24H37N2O4Si/c1-23(2,3)21(30-31(7)8)18-15-17-9-14-28-20(17)19(16-18)25-10-12-26(13-11-25)22(27)29-24(4,5)6/h9,14-16,21H,10-13H2,1-8H3. The fourth-order valence-corrected chi connectivity index (χ4v) is 4.87. The highest BCUT2D eigenvalue weighted by molar-refractivity contribution is 6.48. The molecule has 6 nitrogen and oxygen atoms in total. The van der Waals surface area contributed by atoms with Crippen LogP contribution >= 0.6 is 0 Å². The molecule has 171 valence electrons. The van der Waals surface area contributed by atoms with E-state index in [0.717, 1.165) is 29.7 Å². The fraction of sp³-hybridized carbons (Fsp3) is 0.625. The molecule has 1 aromatic carbocycles. The molecule has 0 N–H and O–H groups in total. The van der Waals surface area contributed by atoms with Gasteiger partial charge in [0.05, 0.1) is 18.1 Å². The van der Waals surface area contributed by atoms with Gasteiger partial charge in [-0.15, -0.1) is 0 Å². The lowest BCUT2D eigenvalue weighted by Crippen LogP contribution is -2.50. The molecule has 1 unspecified atom stereocenters. The number of carbonyl (C=O) groups excluding carboxylic acids is 1. The normalized spacial score (nSPS) is 16.8. The Balaban J connectivity index is 1.86. The molecule has 0 aliphatic carbocycles. The number of benzene rings is 1. The van der Waals surface area contributed by atoms with Gasteiger partial charge in [0.15, 0.2) is 5.58 Å². The topological polar surface area (TPSA) is 55.2 Å². The van der Waals surface area contributed by atoms with Crippen molar-refractivity contribution in [3.63, 3.8) is 0 Å². The number of nitrogens with zero attached hydrogens (tertiary/aromatic N) is 2. The van der Waals surface area contributed by atoms with Gasteiger partial charge in [0.2, 0.25) is 9.04 Å². The first-order chi connectivity index (χ1) is 14.3. The Morgan fingerprint density at radius 1 is 1.06 bits per heavy atom. The number of piperazine rings is 1. The number of fused-ring (bicyclic) bond motifs is 1. The van der Waals surface area contributed by atoms with Gasteiger partial charge in [-0.25, -0.2) is 4.79 Å². The number of anilines is 1. The summed E-state index contributed by atoms with van der Waals surface area (Å²) in [5.74, 6) is 0. The van der Waals surface area contributed by atoms with Gasteiger partial charge < -0.3 is 23.4 Å². The number of furan rings is 1. The van der Waals surface area contributed by atoms with Crippen molar-refractivity contribution >= 4 is 31.8 Å². The van der Waals surface area contributed by atoms with E-state index in [0.29, 0.717) is 13.1 Å². The molecular weight excluding hydrogens is 408 g/mol. The second-order valence-corrected chi connectivity index (χ2v) is 12.7. The Morgan fingerprint density at radius 2 is 1.71 bits per heavy atom. The first-order valence-electron chi connectivity index (χ1n) is 11.1. The van der Waals surface area contributed by atoms with Crippen LogP contribution in [-0.2, 0) is 9.16 Å². The molecule has 1 aromatic heterocycles. The molecule has 1 amide bonds. The van der Waals surface area contributed by atoms with E-state index < -0.39 is 14.6 Å². The second kappa shape index (κ2) is 8.86. The molecule has 1 saturated heterocycles. The predicted molar refractivity (Wildman–Crippen MR) is 127 cm³/mol. The summed E-state index contributed by atoms with van der Waals surface area (Å²) < 4.78 is 17.8. The molecular formula is C24H37N2O4Si. The summed E-state index contributed by atoms with van der Waals surface area (Å²) in [5.41, 5.74) is 2.63. The van der Waals surface area contributed by atoms with Gasteiger partial charge in [0.25, 0.3) is 0 Å². The highest BCUT2D eigenvalue weighted by Gasteiger charge is 2.31. The van der Waals surface area contributed by atoms with Crippen molar-refractivity contribution in [3.05, 3.63) is 30.0 Å². The molecule has 7 heteroatoms. The Bertz CT molecular complexity index is 902. The van der Waals surface area contributed by atoms with Crippen LogP contribution < -0.4 is 4.90 Å². The van der Waals surface area contributed by atoms with Crippen molar-refractivity contribution in [2.45, 2.75) is 66.3 Å². The average Bonchev–Trinajstić information content (AvgIpc) is 3.11. The van der Waals surface area contributed by atoms with Gasteiger partial charge in [-0.1, -0.05) is 20.8 Å². The maximum Gasteiger partial charge on any atom is 0.410 e. The zero-order valence-corrected chi connectivity index (χ0v) is 21.2. The third-order valence-electron chi connectivity index (χ3n) is 5.27. The fourth-order valence-electron chi connectivity index (χ4n) is 3.91. The number of ether oxygens (including phenoxy) is 1. The number of hydrogen-bond donors (Lipinski definition) is 0. The Morgan fingerprint density at radius 3 is 2.26 bits per heavy atom. The minimum Gasteiger partial charge on any atom is -0.462 e. The number of rotatable bonds is 4. The largest absolute Gasteiger partial charge is 0.462 e. The summed E-state index contributed by atoms with van der Waals surface area (Å²) in [5, 5.41) is 1.08. The van der Waals surface area contributed by atoms with Crippen molar-refractivity contribution in [2.24, 2.45) is 5.41 Å². The third kappa shape index (κ3) is 5.83. The minimum absolute atomic E-state index is 0.0116. The molecule has 1 aliphatic rings. The lowest BCUT2D eigenvalue weighted by molar-refractivity contribution is 0.0240. The number of hydrogen-bond acceptors (Lipinski definition) is 5. The highest BCUT2D eigenvalue weighted by atomic mass is 28.3. The molecule has 31 heavy (non-hydrogen) atoms. The zero-order chi connectivity index (χ0) is 23.0. The SMILES string of the molecule is C[Si](C)OC(c1cc(N2CCN(C(=O)OC(C)(C)C)CC2)c2occc2c1)C(C)(C)C. The van der Waals surface area contributed by atoms with E-state index >= 15 is 0 Å². The number of amides is 1. The van der Waals surface area contributed by atoms with Crippen molar-refractivity contribution in [2.75, 3.05) is 31.1 Å². The lowest BCUT2D eigenvalue weighted by atomic mass is 9.84. The molecule has 1 atom stereocenters. The van der Waals surface area contributed by atoms with Crippen molar-refractivity contribution in [3.8, 4) is 0 Å². The van der Waals surface area contributed by atoms with Crippen LogP contribution in [0.25, 0.3) is 11.0 Å². The second-order valence-electron chi connectivity index (χ2n) is 10.6. The Kier molecular flexibility index (Phi) is 6.77. The molecule has 3 rings (SSSR count). The zero-order valence-electron chi connectivity index (χ0n) is 20.2. The molecule has 1 aliphatic heterocycles. The van der Waals surface area contributed by atoms with Gasteiger partial charge in [0.1, 0.15) is 5.60 Å². The molecule has 2 heterocycles. The van der Waals surface area contributed by atoms with Gasteiger partial charge in [0, 0.05) is 31.6 Å². The molecule has 0 saturated carbocycles. The Hall–Kier alpha value is -1.99. The van der Waals surface area contributed by atoms with E-state index in [1.165, 1.54) is 5.56 Å². The average molecular weight is 446 g/mol. The molecule has 1 fully saturated rings. The summed E-state index contributed by atoms with van der Waals surface area (Å²) in [4.78, 5) is 16.5. The van der Waals surface area contributed by atoms with Crippen LogP contribution in [0.5, 0.6) is 0 Å². The summed E-state index contributed by atoms with van der Waals surface area (Å²) in [6.45, 7) is 19.4. The monoisotopic (exact) mass is 445 g/mol. The molecule has 2 aromatic rings. The van der Waals surface area contributed by atoms with Gasteiger partial charge >= 0.3 is 6.09 Å². The third-order valence-corrected chi connectivity index (χ3v) is 5.98. The van der Waals surface area contributed by atoms with Crippen LogP contribution in [0.2, 0.25) is 13.1 Å². The summed E-state index contributed by atoms with van der Waals surface area (Å²) in [6.07, 6.45) is 1.51. The minimum atomic E-state index is -0.866. The number of carbonyl (C=O) groups is 1. The van der Waals surface area contributed by atoms with Crippen LogP contribution in [0.4, 0.5) is 10.5 Å². The van der Waals surface area contributed by atoms with Crippen LogP contribution in [0.15, 0.2) is 28.9 Å². The van der Waals surface area contributed by atoms with E-state index in [2.05, 4.69) is 50.9 Å². The summed E-state index contributed by atoms with van der Waals surface area (Å²) >= 11 is 0. The van der Waals surface area contributed by atoms with E-state index in [4.69, 9.17) is 13.6 Å². The molecule has 0 spiro atoms. The lowest BCUT2D eigenvalue weighted by Gasteiger charge is -2.37. The van der Waals surface area contributed by atoms with E-state index in [-0.39, 0.29) is 17.6 Å². The van der Waals surface area contributed by atoms with Crippen molar-refractivity contribution in [1.82, 2.24) is 4.90 Å². The quantitative estimate of drug-likeness (QED) is 0.553. The van der Waals surface area contributed by atoms with Crippen LogP contribution in [0, 0.1) is 5.41 Å². The molecule has 0 bridgehead atoms. The van der Waals surface area contributed by atoms with E-state index in [1.807, 2.05) is 26.8 Å².